The molecular weight excluding hydrogens is 252 g/mol. The number of nitrogens with zero attached hydrogens (tertiary/aromatic N) is 1. The molecule has 0 bridgehead atoms. The van der Waals surface area contributed by atoms with Gasteiger partial charge in [0.25, 0.3) is 0 Å². The maximum atomic E-state index is 9.43. The van der Waals surface area contributed by atoms with E-state index in [1.54, 1.807) is 0 Å². The molecule has 1 aromatic carbocycles. The minimum Gasteiger partial charge on any atom is -0.491 e. The summed E-state index contributed by atoms with van der Waals surface area (Å²) < 4.78 is 5.77. The number of rotatable bonds is 6. The van der Waals surface area contributed by atoms with Gasteiger partial charge in [-0.05, 0) is 45.4 Å². The maximum Gasteiger partial charge on any atom is 0.142 e. The third-order valence-electron chi connectivity index (χ3n) is 4.14. The Labute approximate surface area is 121 Å². The Kier molecular flexibility index (Phi) is 5.26. The first-order valence-corrected chi connectivity index (χ1v) is 7.45. The summed E-state index contributed by atoms with van der Waals surface area (Å²) in [5.74, 6) is 0.989. The molecule has 1 aliphatic rings. The number of aliphatic hydroxyl groups excluding tert-OH is 1. The third-order valence-corrected chi connectivity index (χ3v) is 4.14. The standard InChI is InChI=1S/C16H26N2O2/c1-16(13-19,17-2)9-5-10-18-11-6-12-20-15-8-4-3-7-14(15)18/h3-4,7-8,17,19H,5-6,9-13H2,1-2H3. The van der Waals surface area contributed by atoms with Crippen LogP contribution in [0.1, 0.15) is 26.2 Å². The number of fused-ring (bicyclic) bond motifs is 1. The summed E-state index contributed by atoms with van der Waals surface area (Å²) in [6, 6.07) is 8.25. The molecule has 20 heavy (non-hydrogen) atoms. The van der Waals surface area contributed by atoms with Crippen LogP contribution in [0.2, 0.25) is 0 Å². The van der Waals surface area contributed by atoms with Crippen molar-refractivity contribution in [1.29, 1.82) is 0 Å². The lowest BCUT2D eigenvalue weighted by molar-refractivity contribution is 0.172. The van der Waals surface area contributed by atoms with Gasteiger partial charge >= 0.3 is 0 Å². The average Bonchev–Trinajstić information content (AvgIpc) is 2.70. The molecule has 1 heterocycles. The van der Waals surface area contributed by atoms with Gasteiger partial charge in [0.1, 0.15) is 5.75 Å². The second-order valence-electron chi connectivity index (χ2n) is 5.73. The first-order valence-electron chi connectivity index (χ1n) is 7.45. The first kappa shape index (κ1) is 15.1. The highest BCUT2D eigenvalue weighted by Gasteiger charge is 2.21. The van der Waals surface area contributed by atoms with E-state index in [9.17, 15) is 5.11 Å². The van der Waals surface area contributed by atoms with E-state index in [1.165, 1.54) is 5.69 Å². The lowest BCUT2D eigenvalue weighted by Crippen LogP contribution is -2.44. The molecule has 1 aromatic rings. The predicted octanol–water partition coefficient (Wildman–Crippen LogP) is 2.03. The molecule has 0 radical (unpaired) electrons. The van der Waals surface area contributed by atoms with Gasteiger partial charge in [0.2, 0.25) is 0 Å². The highest BCUT2D eigenvalue weighted by atomic mass is 16.5. The molecule has 0 spiro atoms. The van der Waals surface area contributed by atoms with Gasteiger partial charge in [0.15, 0.2) is 0 Å². The molecule has 1 unspecified atom stereocenters. The minimum absolute atomic E-state index is 0.170. The molecule has 0 fully saturated rings. The van der Waals surface area contributed by atoms with Crippen LogP contribution in [0, 0.1) is 0 Å². The van der Waals surface area contributed by atoms with Crippen molar-refractivity contribution >= 4 is 5.69 Å². The number of ether oxygens (including phenoxy) is 1. The van der Waals surface area contributed by atoms with Crippen LogP contribution in [-0.2, 0) is 0 Å². The lowest BCUT2D eigenvalue weighted by atomic mass is 9.97. The summed E-state index contributed by atoms with van der Waals surface area (Å²) in [6.45, 7) is 5.05. The van der Waals surface area contributed by atoms with Crippen LogP contribution in [0.4, 0.5) is 5.69 Å². The van der Waals surface area contributed by atoms with E-state index in [1.807, 2.05) is 19.2 Å². The summed E-state index contributed by atoms with van der Waals surface area (Å²) in [6.07, 6.45) is 3.06. The molecule has 0 saturated heterocycles. The van der Waals surface area contributed by atoms with Crippen molar-refractivity contribution in [2.75, 3.05) is 38.3 Å². The Bertz CT molecular complexity index is 419. The lowest BCUT2D eigenvalue weighted by Gasteiger charge is -2.29. The van der Waals surface area contributed by atoms with Crippen molar-refractivity contribution in [3.63, 3.8) is 0 Å². The fraction of sp³-hybridized carbons (Fsp3) is 0.625. The Morgan fingerprint density at radius 3 is 2.95 bits per heavy atom. The summed E-state index contributed by atoms with van der Waals surface area (Å²) in [4.78, 5) is 2.40. The number of aliphatic hydroxyl groups is 1. The number of benzene rings is 1. The molecule has 0 aliphatic carbocycles. The maximum absolute atomic E-state index is 9.43. The van der Waals surface area contributed by atoms with E-state index in [0.29, 0.717) is 0 Å². The van der Waals surface area contributed by atoms with Crippen LogP contribution in [-0.4, -0.2) is 44.0 Å². The van der Waals surface area contributed by atoms with Crippen LogP contribution >= 0.6 is 0 Å². The van der Waals surface area contributed by atoms with Crippen LogP contribution in [0.5, 0.6) is 5.75 Å². The number of anilines is 1. The van der Waals surface area contributed by atoms with Gasteiger partial charge in [-0.3, -0.25) is 0 Å². The highest BCUT2D eigenvalue weighted by Crippen LogP contribution is 2.30. The summed E-state index contributed by atoms with van der Waals surface area (Å²) in [5.41, 5.74) is 1.02. The minimum atomic E-state index is -0.179. The Hall–Kier alpha value is -1.26. The largest absolute Gasteiger partial charge is 0.491 e. The van der Waals surface area contributed by atoms with Crippen LogP contribution < -0.4 is 15.0 Å². The topological polar surface area (TPSA) is 44.7 Å². The molecule has 2 rings (SSSR count). The van der Waals surface area contributed by atoms with Gasteiger partial charge in [-0.25, -0.2) is 0 Å². The van der Waals surface area contributed by atoms with Crippen molar-refractivity contribution in [1.82, 2.24) is 5.32 Å². The quantitative estimate of drug-likeness (QED) is 0.836. The molecule has 112 valence electrons. The zero-order valence-corrected chi connectivity index (χ0v) is 12.6. The molecule has 4 heteroatoms. The van der Waals surface area contributed by atoms with Gasteiger partial charge in [-0.15, -0.1) is 0 Å². The highest BCUT2D eigenvalue weighted by molar-refractivity contribution is 5.58. The average molecular weight is 278 g/mol. The SMILES string of the molecule is CNC(C)(CO)CCCN1CCCOc2ccccc21. The van der Waals surface area contributed by atoms with Crippen molar-refractivity contribution in [2.45, 2.75) is 31.7 Å². The van der Waals surface area contributed by atoms with E-state index >= 15 is 0 Å². The second-order valence-corrected chi connectivity index (χ2v) is 5.73. The second kappa shape index (κ2) is 6.95. The molecule has 1 atom stereocenters. The predicted molar refractivity (Wildman–Crippen MR) is 82.6 cm³/mol. The summed E-state index contributed by atoms with van der Waals surface area (Å²) in [7, 11) is 1.91. The number of hydrogen-bond donors (Lipinski definition) is 2. The smallest absolute Gasteiger partial charge is 0.142 e. The zero-order valence-electron chi connectivity index (χ0n) is 12.6. The Morgan fingerprint density at radius 2 is 2.20 bits per heavy atom. The van der Waals surface area contributed by atoms with E-state index in [-0.39, 0.29) is 12.1 Å². The van der Waals surface area contributed by atoms with E-state index in [4.69, 9.17) is 4.74 Å². The number of nitrogens with one attached hydrogen (secondary N) is 1. The molecule has 0 amide bonds. The molecular formula is C16H26N2O2. The van der Waals surface area contributed by atoms with Crippen molar-refractivity contribution in [3.05, 3.63) is 24.3 Å². The normalized spacial score (nSPS) is 17.9. The van der Waals surface area contributed by atoms with Crippen LogP contribution in [0.25, 0.3) is 0 Å². The van der Waals surface area contributed by atoms with Gasteiger partial charge in [-0.2, -0.15) is 0 Å². The molecule has 2 N–H and O–H groups in total. The Morgan fingerprint density at radius 1 is 1.40 bits per heavy atom. The van der Waals surface area contributed by atoms with Crippen molar-refractivity contribution in [3.8, 4) is 5.75 Å². The van der Waals surface area contributed by atoms with Crippen LogP contribution in [0.15, 0.2) is 24.3 Å². The molecule has 0 aromatic heterocycles. The first-order chi connectivity index (χ1) is 9.68. The number of likely N-dealkylation sites (N-methyl/N-ethyl adjacent to an activating group) is 1. The summed E-state index contributed by atoms with van der Waals surface area (Å²) in [5, 5.41) is 12.6. The van der Waals surface area contributed by atoms with Crippen molar-refractivity contribution in [2.24, 2.45) is 0 Å². The zero-order chi connectivity index (χ0) is 14.4. The fourth-order valence-electron chi connectivity index (χ4n) is 2.57. The van der Waals surface area contributed by atoms with E-state index in [0.717, 1.165) is 44.7 Å². The number of para-hydroxylation sites is 2. The molecule has 1 aliphatic heterocycles. The molecule has 4 nitrogen and oxygen atoms in total. The summed E-state index contributed by atoms with van der Waals surface area (Å²) >= 11 is 0. The van der Waals surface area contributed by atoms with Gasteiger partial charge in [0, 0.05) is 18.6 Å². The van der Waals surface area contributed by atoms with E-state index < -0.39 is 0 Å². The van der Waals surface area contributed by atoms with Gasteiger partial charge in [0.05, 0.1) is 18.9 Å². The number of hydrogen-bond acceptors (Lipinski definition) is 4. The fourth-order valence-corrected chi connectivity index (χ4v) is 2.57. The third kappa shape index (κ3) is 3.64. The van der Waals surface area contributed by atoms with E-state index in [2.05, 4.69) is 29.3 Å². The Balaban J connectivity index is 1.96. The van der Waals surface area contributed by atoms with Gasteiger partial charge < -0.3 is 20.1 Å². The monoisotopic (exact) mass is 278 g/mol. The molecule has 0 saturated carbocycles. The van der Waals surface area contributed by atoms with Crippen molar-refractivity contribution < 1.29 is 9.84 Å². The van der Waals surface area contributed by atoms with Gasteiger partial charge in [-0.1, -0.05) is 12.1 Å². The van der Waals surface area contributed by atoms with Crippen LogP contribution in [0.3, 0.4) is 0 Å².